The fraction of sp³-hybridized carbons (Fsp3) is 1.00. The lowest BCUT2D eigenvalue weighted by molar-refractivity contribution is 0.0596. The Morgan fingerprint density at radius 3 is 2.76 bits per heavy atom. The third kappa shape index (κ3) is 3.67. The standard InChI is InChI=1S/C14H28N2O/c1-3-15-12-7-8-13(10-12)16(4-2)11-14-6-5-9-17-14/h12-15H,3-11H2,1-2H3. The fourth-order valence-corrected chi connectivity index (χ4v) is 3.35. The van der Waals surface area contributed by atoms with Crippen LogP contribution in [0.15, 0.2) is 0 Å². The van der Waals surface area contributed by atoms with Crippen molar-refractivity contribution in [2.24, 2.45) is 0 Å². The molecule has 0 aromatic heterocycles. The maximum atomic E-state index is 5.76. The van der Waals surface area contributed by atoms with Crippen molar-refractivity contribution in [3.63, 3.8) is 0 Å². The number of rotatable bonds is 6. The maximum Gasteiger partial charge on any atom is 0.0702 e. The minimum atomic E-state index is 0.508. The van der Waals surface area contributed by atoms with Crippen molar-refractivity contribution in [3.8, 4) is 0 Å². The lowest BCUT2D eigenvalue weighted by Gasteiger charge is -2.30. The van der Waals surface area contributed by atoms with Gasteiger partial charge >= 0.3 is 0 Å². The molecule has 0 radical (unpaired) electrons. The summed E-state index contributed by atoms with van der Waals surface area (Å²) < 4.78 is 5.76. The first-order valence-electron chi connectivity index (χ1n) is 7.42. The Morgan fingerprint density at radius 2 is 2.12 bits per heavy atom. The minimum absolute atomic E-state index is 0.508. The van der Waals surface area contributed by atoms with Crippen molar-refractivity contribution in [1.82, 2.24) is 10.2 Å². The SMILES string of the molecule is CCNC1CCC(N(CC)CC2CCCO2)C1. The van der Waals surface area contributed by atoms with Gasteiger partial charge in [0, 0.05) is 25.2 Å². The quantitative estimate of drug-likeness (QED) is 0.769. The molecule has 1 aliphatic heterocycles. The zero-order valence-corrected chi connectivity index (χ0v) is 11.5. The van der Waals surface area contributed by atoms with Crippen LogP contribution in [0, 0.1) is 0 Å². The highest BCUT2D eigenvalue weighted by Gasteiger charge is 2.30. The van der Waals surface area contributed by atoms with E-state index >= 15 is 0 Å². The molecule has 3 unspecified atom stereocenters. The fourth-order valence-electron chi connectivity index (χ4n) is 3.35. The molecule has 0 spiro atoms. The minimum Gasteiger partial charge on any atom is -0.377 e. The molecule has 1 aliphatic carbocycles. The molecular formula is C14H28N2O. The van der Waals surface area contributed by atoms with E-state index in [1.54, 1.807) is 0 Å². The van der Waals surface area contributed by atoms with Crippen LogP contribution in [0.4, 0.5) is 0 Å². The summed E-state index contributed by atoms with van der Waals surface area (Å²) >= 11 is 0. The number of nitrogens with one attached hydrogen (secondary N) is 1. The third-order valence-electron chi connectivity index (χ3n) is 4.28. The monoisotopic (exact) mass is 240 g/mol. The van der Waals surface area contributed by atoms with Crippen molar-refractivity contribution in [3.05, 3.63) is 0 Å². The molecule has 3 heteroatoms. The highest BCUT2D eigenvalue weighted by Crippen LogP contribution is 2.25. The lowest BCUT2D eigenvalue weighted by Crippen LogP contribution is -2.40. The molecule has 1 saturated heterocycles. The summed E-state index contributed by atoms with van der Waals surface area (Å²) in [7, 11) is 0. The summed E-state index contributed by atoms with van der Waals surface area (Å²) in [5.41, 5.74) is 0. The molecule has 2 rings (SSSR count). The summed E-state index contributed by atoms with van der Waals surface area (Å²) in [5, 5.41) is 3.59. The summed E-state index contributed by atoms with van der Waals surface area (Å²) in [5.74, 6) is 0. The van der Waals surface area contributed by atoms with Crippen molar-refractivity contribution in [2.45, 2.75) is 64.1 Å². The Balaban J connectivity index is 1.77. The van der Waals surface area contributed by atoms with E-state index in [2.05, 4.69) is 24.1 Å². The van der Waals surface area contributed by atoms with E-state index in [0.717, 1.165) is 31.8 Å². The van der Waals surface area contributed by atoms with Crippen LogP contribution in [0.2, 0.25) is 0 Å². The molecule has 0 amide bonds. The van der Waals surface area contributed by atoms with Gasteiger partial charge in [0.05, 0.1) is 6.10 Å². The van der Waals surface area contributed by atoms with Gasteiger partial charge in [-0.2, -0.15) is 0 Å². The molecule has 2 fully saturated rings. The molecule has 0 bridgehead atoms. The molecule has 100 valence electrons. The van der Waals surface area contributed by atoms with Gasteiger partial charge in [-0.3, -0.25) is 4.90 Å². The van der Waals surface area contributed by atoms with E-state index in [9.17, 15) is 0 Å². The van der Waals surface area contributed by atoms with Gasteiger partial charge in [0.1, 0.15) is 0 Å². The zero-order valence-electron chi connectivity index (χ0n) is 11.5. The first kappa shape index (κ1) is 13.3. The highest BCUT2D eigenvalue weighted by atomic mass is 16.5. The van der Waals surface area contributed by atoms with Gasteiger partial charge < -0.3 is 10.1 Å². The summed E-state index contributed by atoms with van der Waals surface area (Å²) in [4.78, 5) is 2.65. The molecule has 0 aromatic rings. The van der Waals surface area contributed by atoms with Crippen molar-refractivity contribution in [1.29, 1.82) is 0 Å². The predicted molar refractivity (Wildman–Crippen MR) is 71.3 cm³/mol. The van der Waals surface area contributed by atoms with Crippen LogP contribution in [-0.2, 0) is 4.74 Å². The average molecular weight is 240 g/mol. The van der Waals surface area contributed by atoms with E-state index in [1.807, 2.05) is 0 Å². The Bertz CT molecular complexity index is 216. The molecule has 1 N–H and O–H groups in total. The predicted octanol–water partition coefficient (Wildman–Crippen LogP) is 2.02. The van der Waals surface area contributed by atoms with Gasteiger partial charge in [-0.15, -0.1) is 0 Å². The molecule has 2 aliphatic rings. The topological polar surface area (TPSA) is 24.5 Å². The Morgan fingerprint density at radius 1 is 1.24 bits per heavy atom. The molecular weight excluding hydrogens is 212 g/mol. The second kappa shape index (κ2) is 6.72. The summed E-state index contributed by atoms with van der Waals surface area (Å²) in [6.45, 7) is 8.90. The van der Waals surface area contributed by atoms with Gasteiger partial charge in [0.25, 0.3) is 0 Å². The van der Waals surface area contributed by atoms with Crippen LogP contribution < -0.4 is 5.32 Å². The van der Waals surface area contributed by atoms with Crippen LogP contribution in [0.25, 0.3) is 0 Å². The molecule has 1 heterocycles. The lowest BCUT2D eigenvalue weighted by atomic mass is 10.1. The van der Waals surface area contributed by atoms with Crippen LogP contribution in [0.1, 0.15) is 46.0 Å². The number of hydrogen-bond acceptors (Lipinski definition) is 3. The molecule has 0 aromatic carbocycles. The van der Waals surface area contributed by atoms with Crippen molar-refractivity contribution in [2.75, 3.05) is 26.2 Å². The number of likely N-dealkylation sites (N-methyl/N-ethyl adjacent to an activating group) is 1. The largest absolute Gasteiger partial charge is 0.377 e. The zero-order chi connectivity index (χ0) is 12.1. The second-order valence-corrected chi connectivity index (χ2v) is 5.44. The molecule has 1 saturated carbocycles. The Labute approximate surface area is 106 Å². The van der Waals surface area contributed by atoms with E-state index in [4.69, 9.17) is 4.74 Å². The number of hydrogen-bond donors (Lipinski definition) is 1. The van der Waals surface area contributed by atoms with Crippen LogP contribution >= 0.6 is 0 Å². The van der Waals surface area contributed by atoms with Crippen molar-refractivity contribution >= 4 is 0 Å². The number of ether oxygens (including phenoxy) is 1. The van der Waals surface area contributed by atoms with Crippen molar-refractivity contribution < 1.29 is 4.74 Å². The van der Waals surface area contributed by atoms with Crippen LogP contribution in [0.5, 0.6) is 0 Å². The van der Waals surface area contributed by atoms with E-state index < -0.39 is 0 Å². The molecule has 17 heavy (non-hydrogen) atoms. The van der Waals surface area contributed by atoms with Gasteiger partial charge in [-0.25, -0.2) is 0 Å². The van der Waals surface area contributed by atoms with E-state index in [-0.39, 0.29) is 0 Å². The second-order valence-electron chi connectivity index (χ2n) is 5.44. The normalized spacial score (nSPS) is 33.7. The maximum absolute atomic E-state index is 5.76. The molecule has 3 nitrogen and oxygen atoms in total. The number of nitrogens with zero attached hydrogens (tertiary/aromatic N) is 1. The average Bonchev–Trinajstić information content (AvgIpc) is 2.97. The first-order valence-corrected chi connectivity index (χ1v) is 7.42. The van der Waals surface area contributed by atoms with Gasteiger partial charge in [0.2, 0.25) is 0 Å². The Hall–Kier alpha value is -0.120. The summed E-state index contributed by atoms with van der Waals surface area (Å²) in [6, 6.07) is 1.54. The van der Waals surface area contributed by atoms with Gasteiger partial charge in [-0.05, 0) is 45.2 Å². The van der Waals surface area contributed by atoms with Gasteiger partial charge in [-0.1, -0.05) is 13.8 Å². The highest BCUT2D eigenvalue weighted by molar-refractivity contribution is 4.87. The third-order valence-corrected chi connectivity index (χ3v) is 4.28. The first-order chi connectivity index (χ1) is 8.33. The summed E-state index contributed by atoms with van der Waals surface area (Å²) in [6.07, 6.45) is 7.06. The van der Waals surface area contributed by atoms with E-state index in [0.29, 0.717) is 6.10 Å². The van der Waals surface area contributed by atoms with Crippen LogP contribution in [-0.4, -0.2) is 49.3 Å². The van der Waals surface area contributed by atoms with Gasteiger partial charge in [0.15, 0.2) is 0 Å². The van der Waals surface area contributed by atoms with E-state index in [1.165, 1.54) is 38.6 Å². The molecule has 3 atom stereocenters. The Kier molecular flexibility index (Phi) is 5.26. The smallest absolute Gasteiger partial charge is 0.0702 e. The van der Waals surface area contributed by atoms with Crippen LogP contribution in [0.3, 0.4) is 0 Å².